The van der Waals surface area contributed by atoms with Crippen LogP contribution in [0, 0.1) is 6.92 Å². The van der Waals surface area contributed by atoms with Crippen LogP contribution in [0.1, 0.15) is 30.4 Å². The quantitative estimate of drug-likeness (QED) is 0.289. The molecule has 202 valence electrons. The first-order valence-corrected chi connectivity index (χ1v) is 12.9. The van der Waals surface area contributed by atoms with E-state index in [4.69, 9.17) is 4.74 Å². The van der Waals surface area contributed by atoms with Gasteiger partial charge in [0.25, 0.3) is 5.56 Å². The number of hydrogen-bond acceptors (Lipinski definition) is 5. The summed E-state index contributed by atoms with van der Waals surface area (Å²) in [6.07, 6.45) is 1.19. The third kappa shape index (κ3) is 6.62. The van der Waals surface area contributed by atoms with Gasteiger partial charge < -0.3 is 15.4 Å². The maximum atomic E-state index is 13.4. The van der Waals surface area contributed by atoms with Crippen LogP contribution in [-0.4, -0.2) is 28.1 Å². The Labute approximate surface area is 226 Å². The molecule has 0 saturated carbocycles. The maximum Gasteiger partial charge on any atom is 0.331 e. The van der Waals surface area contributed by atoms with Crippen LogP contribution in [0.25, 0.3) is 10.9 Å². The minimum absolute atomic E-state index is 0.128. The monoisotopic (exact) mass is 528 g/mol. The topological polar surface area (TPSA) is 111 Å². The second-order valence-electron chi connectivity index (χ2n) is 9.25. The summed E-state index contributed by atoms with van der Waals surface area (Å²) in [5.41, 5.74) is 1.88. The SMILES string of the molecule is COc1ccccc1CNC(=O)CCCCn1c(=O)c2ccccc2n(CC(=O)Nc2ccccc2C)c1=O. The van der Waals surface area contributed by atoms with Crippen molar-refractivity contribution >= 4 is 28.4 Å². The third-order valence-corrected chi connectivity index (χ3v) is 6.56. The Hall–Kier alpha value is -4.66. The van der Waals surface area contributed by atoms with Crippen molar-refractivity contribution in [3.8, 4) is 5.75 Å². The largest absolute Gasteiger partial charge is 0.496 e. The Morgan fingerprint density at radius 2 is 1.56 bits per heavy atom. The minimum Gasteiger partial charge on any atom is -0.496 e. The average Bonchev–Trinajstić information content (AvgIpc) is 2.95. The van der Waals surface area contributed by atoms with E-state index in [1.165, 1.54) is 4.57 Å². The predicted molar refractivity (Wildman–Crippen MR) is 151 cm³/mol. The van der Waals surface area contributed by atoms with Gasteiger partial charge >= 0.3 is 5.69 Å². The van der Waals surface area contributed by atoms with Crippen LogP contribution in [0.3, 0.4) is 0 Å². The smallest absolute Gasteiger partial charge is 0.331 e. The van der Waals surface area contributed by atoms with Gasteiger partial charge in [-0.1, -0.05) is 48.5 Å². The number of methoxy groups -OCH3 is 1. The molecule has 0 unspecified atom stereocenters. The zero-order valence-corrected chi connectivity index (χ0v) is 22.1. The summed E-state index contributed by atoms with van der Waals surface area (Å²) >= 11 is 0. The number of aromatic nitrogens is 2. The summed E-state index contributed by atoms with van der Waals surface area (Å²) in [6, 6.07) is 21.6. The molecule has 0 bridgehead atoms. The van der Waals surface area contributed by atoms with E-state index in [0.29, 0.717) is 41.7 Å². The average molecular weight is 529 g/mol. The fourth-order valence-electron chi connectivity index (χ4n) is 4.45. The van der Waals surface area contributed by atoms with E-state index in [1.807, 2.05) is 49.4 Å². The van der Waals surface area contributed by atoms with Crippen LogP contribution in [0.2, 0.25) is 0 Å². The Kier molecular flexibility index (Phi) is 8.94. The van der Waals surface area contributed by atoms with Crippen LogP contribution in [0.15, 0.2) is 82.4 Å². The van der Waals surface area contributed by atoms with Crippen LogP contribution >= 0.6 is 0 Å². The molecule has 0 radical (unpaired) electrons. The molecule has 39 heavy (non-hydrogen) atoms. The standard InChI is InChI=1S/C30H32N4O5/c1-21-11-3-6-14-24(21)32-28(36)20-34-25-15-7-5-13-23(25)29(37)33(30(34)38)18-10-9-17-27(35)31-19-22-12-4-8-16-26(22)39-2/h3-8,11-16H,9-10,17-20H2,1-2H3,(H,31,35)(H,32,36). The lowest BCUT2D eigenvalue weighted by Crippen LogP contribution is -2.41. The van der Waals surface area contributed by atoms with E-state index in [0.717, 1.165) is 15.7 Å². The van der Waals surface area contributed by atoms with E-state index >= 15 is 0 Å². The number of rotatable bonds is 11. The molecular weight excluding hydrogens is 496 g/mol. The van der Waals surface area contributed by atoms with Crippen molar-refractivity contribution in [3.63, 3.8) is 0 Å². The summed E-state index contributed by atoms with van der Waals surface area (Å²) in [7, 11) is 1.58. The molecule has 4 aromatic rings. The highest BCUT2D eigenvalue weighted by Crippen LogP contribution is 2.17. The second-order valence-corrected chi connectivity index (χ2v) is 9.25. The van der Waals surface area contributed by atoms with Gasteiger partial charge in [0.15, 0.2) is 0 Å². The van der Waals surface area contributed by atoms with Gasteiger partial charge in [-0.25, -0.2) is 4.79 Å². The van der Waals surface area contributed by atoms with Crippen molar-refractivity contribution in [3.05, 3.63) is 105 Å². The number of carbonyl (C=O) groups is 2. The van der Waals surface area contributed by atoms with Crippen LogP contribution in [0.5, 0.6) is 5.75 Å². The number of unbranched alkanes of at least 4 members (excludes halogenated alkanes) is 1. The maximum absolute atomic E-state index is 13.4. The summed E-state index contributed by atoms with van der Waals surface area (Å²) in [4.78, 5) is 51.7. The van der Waals surface area contributed by atoms with Gasteiger partial charge in [-0.05, 0) is 49.6 Å². The first kappa shape index (κ1) is 27.4. The number of benzene rings is 3. The van der Waals surface area contributed by atoms with E-state index in [9.17, 15) is 19.2 Å². The number of nitrogens with zero attached hydrogens (tertiary/aromatic N) is 2. The molecule has 1 aromatic heterocycles. The number of aryl methyl sites for hydroxylation is 1. The predicted octanol–water partition coefficient (Wildman–Crippen LogP) is 3.61. The molecule has 0 spiro atoms. The molecule has 2 amide bonds. The van der Waals surface area contributed by atoms with Gasteiger partial charge in [-0.2, -0.15) is 0 Å². The van der Waals surface area contributed by atoms with Crippen LogP contribution in [0.4, 0.5) is 5.69 Å². The van der Waals surface area contributed by atoms with E-state index in [2.05, 4.69) is 10.6 Å². The molecule has 0 atom stereocenters. The highest BCUT2D eigenvalue weighted by atomic mass is 16.5. The highest BCUT2D eigenvalue weighted by Gasteiger charge is 2.16. The zero-order chi connectivity index (χ0) is 27.8. The van der Waals surface area contributed by atoms with Gasteiger partial charge in [0, 0.05) is 30.8 Å². The lowest BCUT2D eigenvalue weighted by Gasteiger charge is -2.15. The van der Waals surface area contributed by atoms with Gasteiger partial charge in [-0.3, -0.25) is 23.5 Å². The zero-order valence-electron chi connectivity index (χ0n) is 22.1. The number of amides is 2. The number of para-hydroxylation sites is 3. The number of fused-ring (bicyclic) bond motifs is 1. The summed E-state index contributed by atoms with van der Waals surface area (Å²) in [6.45, 7) is 2.14. The second kappa shape index (κ2) is 12.7. The molecular formula is C30H32N4O5. The molecule has 3 aromatic carbocycles. The molecule has 0 aliphatic rings. The van der Waals surface area contributed by atoms with Crippen molar-refractivity contribution in [2.45, 2.75) is 45.8 Å². The number of carbonyl (C=O) groups excluding carboxylic acids is 2. The first-order chi connectivity index (χ1) is 18.9. The van der Waals surface area contributed by atoms with Crippen LogP contribution < -0.4 is 26.6 Å². The van der Waals surface area contributed by atoms with Gasteiger partial charge in [0.2, 0.25) is 11.8 Å². The van der Waals surface area contributed by atoms with Gasteiger partial charge in [0.1, 0.15) is 12.3 Å². The Morgan fingerprint density at radius 1 is 0.846 bits per heavy atom. The molecule has 2 N–H and O–H groups in total. The lowest BCUT2D eigenvalue weighted by molar-refractivity contribution is -0.121. The molecule has 0 aliphatic carbocycles. The number of anilines is 1. The lowest BCUT2D eigenvalue weighted by atomic mass is 10.2. The minimum atomic E-state index is -0.556. The fourth-order valence-corrected chi connectivity index (χ4v) is 4.45. The highest BCUT2D eigenvalue weighted by molar-refractivity contribution is 5.92. The van der Waals surface area contributed by atoms with E-state index in [-0.39, 0.29) is 31.3 Å². The fraction of sp³-hybridized carbons (Fsp3) is 0.267. The normalized spacial score (nSPS) is 10.8. The molecule has 0 saturated heterocycles. The van der Waals surface area contributed by atoms with Crippen LogP contribution in [-0.2, 0) is 29.2 Å². The molecule has 4 rings (SSSR count). The van der Waals surface area contributed by atoms with Gasteiger partial charge in [-0.15, -0.1) is 0 Å². The number of ether oxygens (including phenoxy) is 1. The summed E-state index contributed by atoms with van der Waals surface area (Å²) < 4.78 is 7.78. The Balaban J connectivity index is 1.42. The molecule has 1 heterocycles. The Morgan fingerprint density at radius 3 is 2.36 bits per heavy atom. The van der Waals surface area contributed by atoms with E-state index in [1.54, 1.807) is 37.4 Å². The molecule has 9 heteroatoms. The van der Waals surface area contributed by atoms with Crippen molar-refractivity contribution < 1.29 is 14.3 Å². The third-order valence-electron chi connectivity index (χ3n) is 6.56. The summed E-state index contributed by atoms with van der Waals surface area (Å²) in [5.74, 6) is 0.211. The van der Waals surface area contributed by atoms with Crippen molar-refractivity contribution in [1.29, 1.82) is 0 Å². The molecule has 0 aliphatic heterocycles. The van der Waals surface area contributed by atoms with E-state index < -0.39 is 11.2 Å². The molecule has 0 fully saturated rings. The Bertz CT molecular complexity index is 1610. The van der Waals surface area contributed by atoms with Crippen molar-refractivity contribution in [2.75, 3.05) is 12.4 Å². The first-order valence-electron chi connectivity index (χ1n) is 12.9. The van der Waals surface area contributed by atoms with Gasteiger partial charge in [0.05, 0.1) is 18.0 Å². The van der Waals surface area contributed by atoms with Crippen molar-refractivity contribution in [1.82, 2.24) is 14.5 Å². The number of nitrogens with one attached hydrogen (secondary N) is 2. The molecule has 9 nitrogen and oxygen atoms in total. The number of hydrogen-bond donors (Lipinski definition) is 2. The summed E-state index contributed by atoms with van der Waals surface area (Å²) in [5, 5.41) is 6.07. The van der Waals surface area contributed by atoms with Crippen molar-refractivity contribution in [2.24, 2.45) is 0 Å².